The minimum Gasteiger partial charge on any atom is -0.468 e. The summed E-state index contributed by atoms with van der Waals surface area (Å²) in [6, 6.07) is 8.65. The highest BCUT2D eigenvalue weighted by Gasteiger charge is 2.15. The fourth-order valence-corrected chi connectivity index (χ4v) is 4.45. The molecule has 0 saturated heterocycles. The molecule has 0 bridgehead atoms. The third-order valence-corrected chi connectivity index (χ3v) is 6.03. The van der Waals surface area contributed by atoms with Gasteiger partial charge in [-0.3, -0.25) is 0 Å². The Labute approximate surface area is 123 Å². The fraction of sp³-hybridized carbons (Fsp3) is 0.286. The molecular formula is C14H17NO3S2. The number of benzene rings is 1. The van der Waals surface area contributed by atoms with Gasteiger partial charge in [-0.1, -0.05) is 12.1 Å². The third kappa shape index (κ3) is 3.65. The van der Waals surface area contributed by atoms with Gasteiger partial charge < -0.3 is 10.2 Å². The van der Waals surface area contributed by atoms with E-state index in [0.717, 1.165) is 16.2 Å². The summed E-state index contributed by atoms with van der Waals surface area (Å²) in [6.45, 7) is 2.20. The molecule has 0 unspecified atom stereocenters. The van der Waals surface area contributed by atoms with Gasteiger partial charge in [-0.2, -0.15) is 0 Å². The first-order valence-electron chi connectivity index (χ1n) is 6.21. The molecule has 2 N–H and O–H groups in total. The smallest absolute Gasteiger partial charge is 0.179 e. The quantitative estimate of drug-likeness (QED) is 0.830. The molecule has 0 amide bonds. The molecule has 6 heteroatoms. The van der Waals surface area contributed by atoms with E-state index >= 15 is 0 Å². The zero-order valence-corrected chi connectivity index (χ0v) is 12.8. The predicted molar refractivity (Wildman–Crippen MR) is 80.6 cm³/mol. The van der Waals surface area contributed by atoms with Crippen LogP contribution < -0.4 is 5.73 Å². The fourth-order valence-electron chi connectivity index (χ4n) is 1.77. The maximum absolute atomic E-state index is 12.2. The van der Waals surface area contributed by atoms with Crippen LogP contribution in [0.5, 0.6) is 0 Å². The van der Waals surface area contributed by atoms with Gasteiger partial charge in [0.2, 0.25) is 0 Å². The van der Waals surface area contributed by atoms with E-state index in [2.05, 4.69) is 0 Å². The molecule has 1 aromatic carbocycles. The van der Waals surface area contributed by atoms with Crippen LogP contribution in [0.4, 0.5) is 0 Å². The van der Waals surface area contributed by atoms with Crippen molar-refractivity contribution in [2.45, 2.75) is 23.3 Å². The van der Waals surface area contributed by atoms with Crippen LogP contribution in [-0.2, 0) is 16.4 Å². The van der Waals surface area contributed by atoms with Crippen LogP contribution in [0.3, 0.4) is 0 Å². The summed E-state index contributed by atoms with van der Waals surface area (Å²) in [5.74, 6) is 1.41. The zero-order valence-electron chi connectivity index (χ0n) is 11.2. The first-order chi connectivity index (χ1) is 9.53. The second-order valence-corrected chi connectivity index (χ2v) is 7.61. The number of rotatable bonds is 6. The van der Waals surface area contributed by atoms with Crippen molar-refractivity contribution in [1.29, 1.82) is 0 Å². The van der Waals surface area contributed by atoms with Crippen LogP contribution in [0.25, 0.3) is 0 Å². The number of hydrogen-bond donors (Lipinski definition) is 1. The van der Waals surface area contributed by atoms with E-state index in [1.54, 1.807) is 24.5 Å². The van der Waals surface area contributed by atoms with E-state index in [0.29, 0.717) is 17.2 Å². The van der Waals surface area contributed by atoms with Crippen LogP contribution in [-0.4, -0.2) is 19.9 Å². The summed E-state index contributed by atoms with van der Waals surface area (Å²) < 4.78 is 29.7. The largest absolute Gasteiger partial charge is 0.468 e. The van der Waals surface area contributed by atoms with E-state index in [1.165, 1.54) is 11.8 Å². The summed E-state index contributed by atoms with van der Waals surface area (Å²) in [7, 11) is -3.27. The maximum Gasteiger partial charge on any atom is 0.179 e. The molecule has 0 fully saturated rings. The molecule has 0 spiro atoms. The van der Waals surface area contributed by atoms with Crippen molar-refractivity contribution in [1.82, 2.24) is 0 Å². The van der Waals surface area contributed by atoms with Crippen LogP contribution >= 0.6 is 11.8 Å². The van der Waals surface area contributed by atoms with Crippen LogP contribution in [0.2, 0.25) is 0 Å². The van der Waals surface area contributed by atoms with Gasteiger partial charge in [-0.15, -0.1) is 11.8 Å². The van der Waals surface area contributed by atoms with Crippen molar-refractivity contribution in [3.63, 3.8) is 0 Å². The summed E-state index contributed by atoms with van der Waals surface area (Å²) in [4.78, 5) is 1.32. The summed E-state index contributed by atoms with van der Waals surface area (Å²) in [6.07, 6.45) is 1.61. The lowest BCUT2D eigenvalue weighted by Crippen LogP contribution is -2.09. The first-order valence-corrected chi connectivity index (χ1v) is 8.85. The van der Waals surface area contributed by atoms with Crippen molar-refractivity contribution in [2.75, 3.05) is 11.5 Å². The Balaban J connectivity index is 2.02. The Hall–Kier alpha value is -1.24. The minimum atomic E-state index is -3.27. The number of sulfone groups is 1. The molecule has 2 rings (SSSR count). The number of nitrogens with two attached hydrogens (primary N) is 1. The molecular weight excluding hydrogens is 294 g/mol. The Morgan fingerprint density at radius 2 is 2.10 bits per heavy atom. The van der Waals surface area contributed by atoms with Crippen molar-refractivity contribution < 1.29 is 12.8 Å². The minimum absolute atomic E-state index is 0.0936. The lowest BCUT2D eigenvalue weighted by molar-refractivity contribution is 0.527. The molecule has 4 nitrogen and oxygen atoms in total. The molecule has 0 saturated carbocycles. The molecule has 1 heterocycles. The van der Waals surface area contributed by atoms with E-state index in [1.807, 2.05) is 19.1 Å². The van der Waals surface area contributed by atoms with Crippen molar-refractivity contribution >= 4 is 21.6 Å². The van der Waals surface area contributed by atoms with Gasteiger partial charge in [-0.05, 0) is 30.7 Å². The molecule has 0 aliphatic rings. The molecule has 1 aromatic heterocycles. The normalized spacial score (nSPS) is 11.7. The van der Waals surface area contributed by atoms with Gasteiger partial charge in [0.1, 0.15) is 5.76 Å². The van der Waals surface area contributed by atoms with Crippen LogP contribution in [0.1, 0.15) is 11.3 Å². The second kappa shape index (κ2) is 6.47. The van der Waals surface area contributed by atoms with Gasteiger partial charge in [0.05, 0.1) is 16.9 Å². The highest BCUT2D eigenvalue weighted by molar-refractivity contribution is 8.00. The summed E-state index contributed by atoms with van der Waals surface area (Å²) in [5, 5.41) is 0. The number of thioether (sulfide) groups is 1. The van der Waals surface area contributed by atoms with Gasteiger partial charge in [0, 0.05) is 17.2 Å². The molecule has 0 atom stereocenters. The highest BCUT2D eigenvalue weighted by atomic mass is 32.2. The average molecular weight is 311 g/mol. The maximum atomic E-state index is 12.2. The number of furan rings is 1. The zero-order chi connectivity index (χ0) is 14.6. The van der Waals surface area contributed by atoms with Crippen LogP contribution in [0.15, 0.2) is 50.8 Å². The predicted octanol–water partition coefficient (Wildman–Crippen LogP) is 2.61. The molecule has 2 aromatic rings. The Kier molecular flexibility index (Phi) is 4.91. The van der Waals surface area contributed by atoms with E-state index in [-0.39, 0.29) is 5.75 Å². The summed E-state index contributed by atoms with van der Waals surface area (Å²) in [5.41, 5.74) is 6.36. The topological polar surface area (TPSA) is 73.3 Å². The SMILES string of the molecule is Cc1occc1SCCS(=O)(=O)c1cccc(CN)c1. The van der Waals surface area contributed by atoms with E-state index < -0.39 is 9.84 Å². The van der Waals surface area contributed by atoms with Gasteiger partial charge in [-0.25, -0.2) is 8.42 Å². The standard InChI is InChI=1S/C14H17NO3S2/c1-11-14(5-6-18-11)19-7-8-20(16,17)13-4-2-3-12(9-13)10-15/h2-6,9H,7-8,10,15H2,1H3. The number of aryl methyl sites for hydroxylation is 1. The van der Waals surface area contributed by atoms with E-state index in [4.69, 9.17) is 10.2 Å². The van der Waals surface area contributed by atoms with Crippen molar-refractivity contribution in [2.24, 2.45) is 5.73 Å². The van der Waals surface area contributed by atoms with Crippen molar-refractivity contribution in [3.8, 4) is 0 Å². The lowest BCUT2D eigenvalue weighted by atomic mass is 10.2. The van der Waals surface area contributed by atoms with Gasteiger partial charge in [0.25, 0.3) is 0 Å². The van der Waals surface area contributed by atoms with Gasteiger partial charge in [0.15, 0.2) is 9.84 Å². The Morgan fingerprint density at radius 3 is 2.75 bits per heavy atom. The Morgan fingerprint density at radius 1 is 1.30 bits per heavy atom. The highest BCUT2D eigenvalue weighted by Crippen LogP contribution is 2.24. The molecule has 20 heavy (non-hydrogen) atoms. The lowest BCUT2D eigenvalue weighted by Gasteiger charge is -2.06. The average Bonchev–Trinajstić information content (AvgIpc) is 2.84. The van der Waals surface area contributed by atoms with Crippen LogP contribution in [0, 0.1) is 6.92 Å². The summed E-state index contributed by atoms with van der Waals surface area (Å²) >= 11 is 1.49. The van der Waals surface area contributed by atoms with E-state index in [9.17, 15) is 8.42 Å². The molecule has 0 radical (unpaired) electrons. The second-order valence-electron chi connectivity index (χ2n) is 4.36. The molecule has 0 aliphatic carbocycles. The monoisotopic (exact) mass is 311 g/mol. The van der Waals surface area contributed by atoms with Crippen molar-refractivity contribution in [3.05, 3.63) is 47.9 Å². The van der Waals surface area contributed by atoms with Gasteiger partial charge >= 0.3 is 0 Å². The molecule has 0 aliphatic heterocycles. The third-order valence-electron chi connectivity index (χ3n) is 2.91. The number of hydrogen-bond acceptors (Lipinski definition) is 5. The Bertz CT molecular complexity index is 677. The first kappa shape index (κ1) is 15.2. The molecule has 108 valence electrons.